The van der Waals surface area contributed by atoms with Gasteiger partial charge in [-0.15, -0.1) is 0 Å². The summed E-state index contributed by atoms with van der Waals surface area (Å²) in [5, 5.41) is 2.82. The van der Waals surface area contributed by atoms with E-state index in [0.29, 0.717) is 18.1 Å². The fraction of sp³-hybridized carbons (Fsp3) is 0.538. The van der Waals surface area contributed by atoms with Crippen molar-refractivity contribution in [2.75, 3.05) is 11.1 Å². The van der Waals surface area contributed by atoms with Gasteiger partial charge in [0.15, 0.2) is 23.3 Å². The molecule has 7 heteroatoms. The van der Waals surface area contributed by atoms with Crippen LogP contribution < -0.4 is 5.32 Å². The van der Waals surface area contributed by atoms with Crippen molar-refractivity contribution in [1.29, 1.82) is 0 Å². The molecule has 0 aliphatic heterocycles. The van der Waals surface area contributed by atoms with Gasteiger partial charge in [0.1, 0.15) is 5.69 Å². The van der Waals surface area contributed by atoms with E-state index in [1.165, 1.54) is 0 Å². The molecule has 0 spiro atoms. The summed E-state index contributed by atoms with van der Waals surface area (Å²) in [6.45, 7) is 2.01. The lowest BCUT2D eigenvalue weighted by Gasteiger charge is -2.16. The van der Waals surface area contributed by atoms with E-state index in [2.05, 4.69) is 5.32 Å². The summed E-state index contributed by atoms with van der Waals surface area (Å²) in [4.78, 5) is 0. The summed E-state index contributed by atoms with van der Waals surface area (Å²) in [7, 11) is 0. The summed E-state index contributed by atoms with van der Waals surface area (Å²) in [6.07, 6.45) is 2.17. The summed E-state index contributed by atoms with van der Waals surface area (Å²) in [6, 6.07) is -0.271. The average Bonchev–Trinajstić information content (AvgIpc) is 2.87. The van der Waals surface area contributed by atoms with Crippen molar-refractivity contribution < 1.29 is 22.0 Å². The highest BCUT2D eigenvalue weighted by Crippen LogP contribution is 2.34. The second kappa shape index (κ2) is 6.20. The van der Waals surface area contributed by atoms with Crippen molar-refractivity contribution in [3.63, 3.8) is 0 Å². The normalized spacial score (nSPS) is 22.3. The predicted octanol–water partition coefficient (Wildman–Crippen LogP) is 4.47. The molecule has 0 saturated heterocycles. The molecule has 0 radical (unpaired) electrons. The Labute approximate surface area is 117 Å². The quantitative estimate of drug-likeness (QED) is 0.500. The zero-order chi connectivity index (χ0) is 14.9. The van der Waals surface area contributed by atoms with Gasteiger partial charge >= 0.3 is 0 Å². The van der Waals surface area contributed by atoms with Crippen molar-refractivity contribution in [2.24, 2.45) is 0 Å². The van der Waals surface area contributed by atoms with E-state index < -0.39 is 34.8 Å². The highest BCUT2D eigenvalue weighted by molar-refractivity contribution is 7.99. The summed E-state index contributed by atoms with van der Waals surface area (Å²) in [5.74, 6) is -8.62. The minimum atomic E-state index is -2.13. The van der Waals surface area contributed by atoms with Crippen molar-refractivity contribution in [3.05, 3.63) is 29.1 Å². The topological polar surface area (TPSA) is 12.0 Å². The molecule has 1 aliphatic carbocycles. The van der Waals surface area contributed by atoms with Gasteiger partial charge in [0.05, 0.1) is 0 Å². The minimum Gasteiger partial charge on any atom is -0.377 e. The van der Waals surface area contributed by atoms with Crippen molar-refractivity contribution in [2.45, 2.75) is 37.5 Å². The first kappa shape index (κ1) is 15.4. The van der Waals surface area contributed by atoms with Crippen LogP contribution >= 0.6 is 11.8 Å². The van der Waals surface area contributed by atoms with E-state index >= 15 is 0 Å². The number of thioether (sulfide) groups is 1. The molecule has 0 bridgehead atoms. The molecule has 2 atom stereocenters. The van der Waals surface area contributed by atoms with Crippen LogP contribution in [-0.2, 0) is 0 Å². The molecular weight excluding hydrogens is 297 g/mol. The molecule has 2 unspecified atom stereocenters. The minimum absolute atomic E-state index is 0.271. The van der Waals surface area contributed by atoms with Crippen LogP contribution in [0, 0.1) is 29.1 Å². The van der Waals surface area contributed by atoms with Crippen LogP contribution in [0.3, 0.4) is 0 Å². The molecule has 112 valence electrons. The number of anilines is 1. The Morgan fingerprint density at radius 2 is 1.50 bits per heavy atom. The predicted molar refractivity (Wildman–Crippen MR) is 69.4 cm³/mol. The molecule has 0 amide bonds. The number of rotatable bonds is 4. The first-order chi connectivity index (χ1) is 9.45. The molecule has 1 nitrogen and oxygen atoms in total. The monoisotopic (exact) mass is 311 g/mol. The summed E-state index contributed by atoms with van der Waals surface area (Å²) in [5.41, 5.74) is -0.923. The molecule has 1 aromatic rings. The molecule has 2 rings (SSSR count). The van der Waals surface area contributed by atoms with Crippen LogP contribution in [0.15, 0.2) is 0 Å². The fourth-order valence-electron chi connectivity index (χ4n) is 2.39. The zero-order valence-corrected chi connectivity index (χ0v) is 11.6. The smallest absolute Gasteiger partial charge is 0.200 e. The lowest BCUT2D eigenvalue weighted by Crippen LogP contribution is -2.20. The molecule has 1 N–H and O–H groups in total. The first-order valence-corrected chi connectivity index (χ1v) is 7.40. The third-order valence-corrected chi connectivity index (χ3v) is 4.58. The van der Waals surface area contributed by atoms with Gasteiger partial charge in [-0.2, -0.15) is 11.8 Å². The van der Waals surface area contributed by atoms with Gasteiger partial charge < -0.3 is 5.32 Å². The van der Waals surface area contributed by atoms with Crippen LogP contribution in [0.1, 0.15) is 26.2 Å². The lowest BCUT2D eigenvalue weighted by atomic mass is 10.2. The Balaban J connectivity index is 2.19. The van der Waals surface area contributed by atoms with Gasteiger partial charge in [0.2, 0.25) is 5.82 Å². The van der Waals surface area contributed by atoms with Crippen molar-refractivity contribution in [3.8, 4) is 0 Å². The summed E-state index contributed by atoms with van der Waals surface area (Å²) >= 11 is 1.73. The van der Waals surface area contributed by atoms with Gasteiger partial charge in [-0.25, -0.2) is 22.0 Å². The number of halogens is 5. The fourth-order valence-corrected chi connectivity index (χ4v) is 3.54. The number of nitrogens with one attached hydrogen (secondary N) is 1. The van der Waals surface area contributed by atoms with E-state index in [4.69, 9.17) is 0 Å². The molecule has 1 aliphatic rings. The average molecular weight is 311 g/mol. The second-order valence-corrected chi connectivity index (χ2v) is 6.25. The van der Waals surface area contributed by atoms with E-state index in [1.807, 2.05) is 6.92 Å². The Hall–Kier alpha value is -0.980. The SMILES string of the molecule is CCSC1CCC(Nc2c(F)c(F)c(F)c(F)c2F)C1. The molecule has 0 heterocycles. The van der Waals surface area contributed by atoms with Gasteiger partial charge in [-0.3, -0.25) is 0 Å². The summed E-state index contributed by atoms with van der Waals surface area (Å²) < 4.78 is 66.1. The van der Waals surface area contributed by atoms with Crippen LogP contribution in [0.4, 0.5) is 27.6 Å². The zero-order valence-electron chi connectivity index (χ0n) is 10.8. The van der Waals surface area contributed by atoms with Gasteiger partial charge in [0.25, 0.3) is 0 Å². The molecular formula is C13H14F5NS. The molecule has 1 saturated carbocycles. The maximum Gasteiger partial charge on any atom is 0.200 e. The third-order valence-electron chi connectivity index (χ3n) is 3.35. The Kier molecular flexibility index (Phi) is 4.78. The van der Waals surface area contributed by atoms with Crippen LogP contribution in [0.25, 0.3) is 0 Å². The van der Waals surface area contributed by atoms with E-state index in [-0.39, 0.29) is 6.04 Å². The number of hydrogen-bond donors (Lipinski definition) is 1. The Morgan fingerprint density at radius 3 is 2.05 bits per heavy atom. The van der Waals surface area contributed by atoms with E-state index in [0.717, 1.165) is 12.2 Å². The molecule has 1 fully saturated rings. The van der Waals surface area contributed by atoms with Gasteiger partial charge in [0, 0.05) is 11.3 Å². The number of hydrogen-bond acceptors (Lipinski definition) is 2. The Morgan fingerprint density at radius 1 is 0.950 bits per heavy atom. The highest BCUT2D eigenvalue weighted by Gasteiger charge is 2.30. The maximum atomic E-state index is 13.5. The highest BCUT2D eigenvalue weighted by atomic mass is 32.2. The van der Waals surface area contributed by atoms with Gasteiger partial charge in [-0.05, 0) is 25.0 Å². The number of benzene rings is 1. The molecule has 0 aromatic heterocycles. The largest absolute Gasteiger partial charge is 0.377 e. The third kappa shape index (κ3) is 2.87. The standard InChI is InChI=1S/C13H14F5NS/c1-2-20-7-4-3-6(5-7)19-13-11(17)9(15)8(14)10(16)12(13)18/h6-7,19H,2-5H2,1H3. The van der Waals surface area contributed by atoms with Crippen LogP contribution in [0.2, 0.25) is 0 Å². The maximum absolute atomic E-state index is 13.5. The first-order valence-electron chi connectivity index (χ1n) is 6.35. The van der Waals surface area contributed by atoms with Crippen molar-refractivity contribution in [1.82, 2.24) is 0 Å². The van der Waals surface area contributed by atoms with Gasteiger partial charge in [-0.1, -0.05) is 6.92 Å². The van der Waals surface area contributed by atoms with E-state index in [9.17, 15) is 22.0 Å². The van der Waals surface area contributed by atoms with E-state index in [1.54, 1.807) is 11.8 Å². The lowest BCUT2D eigenvalue weighted by molar-refractivity contribution is 0.380. The molecule has 1 aromatic carbocycles. The van der Waals surface area contributed by atoms with Crippen LogP contribution in [0.5, 0.6) is 0 Å². The Bertz CT molecular complexity index is 479. The molecule has 20 heavy (non-hydrogen) atoms. The van der Waals surface area contributed by atoms with Crippen LogP contribution in [-0.4, -0.2) is 17.0 Å². The second-order valence-electron chi connectivity index (χ2n) is 4.68. The van der Waals surface area contributed by atoms with Crippen molar-refractivity contribution >= 4 is 17.4 Å².